The summed E-state index contributed by atoms with van der Waals surface area (Å²) in [6.45, 7) is 33.2. The third kappa shape index (κ3) is 10.9. The lowest BCUT2D eigenvalue weighted by atomic mass is 9.67. The summed E-state index contributed by atoms with van der Waals surface area (Å²) in [5, 5.41) is 3.90. The van der Waals surface area contributed by atoms with Crippen LogP contribution in [0.25, 0.3) is 0 Å². The van der Waals surface area contributed by atoms with Gasteiger partial charge in [0, 0.05) is 6.04 Å². The second-order valence-electron chi connectivity index (χ2n) is 12.9. The van der Waals surface area contributed by atoms with Crippen LogP contribution in [0.5, 0.6) is 0 Å². The second-order valence-corrected chi connectivity index (χ2v) is 12.9. The third-order valence-electron chi connectivity index (χ3n) is 7.81. The Morgan fingerprint density at radius 3 is 2.06 bits per heavy atom. The molecule has 4 unspecified atom stereocenters. The van der Waals surface area contributed by atoms with Crippen LogP contribution in [0.15, 0.2) is 67.3 Å². The van der Waals surface area contributed by atoms with Crippen LogP contribution < -0.4 is 5.32 Å². The first-order chi connectivity index (χ1) is 16.3. The molecule has 0 aromatic heterocycles. The third-order valence-corrected chi connectivity index (χ3v) is 7.81. The van der Waals surface area contributed by atoms with Gasteiger partial charge in [-0.15, -0.1) is 6.58 Å². The molecule has 35 heavy (non-hydrogen) atoms. The summed E-state index contributed by atoms with van der Waals surface area (Å²) < 4.78 is 0. The zero-order valence-corrected chi connectivity index (χ0v) is 24.6. The molecule has 0 radical (unpaired) electrons. The van der Waals surface area contributed by atoms with Gasteiger partial charge in [-0.2, -0.15) is 0 Å². The standard InChI is InChI=1S/C34H57N/c1-12-18-26(4)31(19-13-2)29(25-30(14-3)33(6,7)8)24-27(5)32(34(9,10)11)35-23-22-28-20-16-15-17-21-28/h12,15-17,20-21,29-32,35H,1,4-5,13-14,18-19,22-25H2,2-3,6-11H3. The van der Waals surface area contributed by atoms with Gasteiger partial charge in [-0.05, 0) is 72.8 Å². The van der Waals surface area contributed by atoms with Crippen LogP contribution >= 0.6 is 0 Å². The van der Waals surface area contributed by atoms with Crippen LogP contribution in [0.1, 0.15) is 99.5 Å². The molecule has 0 aliphatic carbocycles. The predicted octanol–water partition coefficient (Wildman–Crippen LogP) is 9.81. The average Bonchev–Trinajstić information content (AvgIpc) is 2.77. The minimum Gasteiger partial charge on any atom is -0.309 e. The molecule has 1 aromatic rings. The van der Waals surface area contributed by atoms with Crippen molar-refractivity contribution in [3.8, 4) is 0 Å². The van der Waals surface area contributed by atoms with Crippen molar-refractivity contribution in [3.05, 3.63) is 72.9 Å². The molecule has 1 nitrogen and oxygen atoms in total. The molecule has 0 aliphatic heterocycles. The Kier molecular flexibility index (Phi) is 13.3. The van der Waals surface area contributed by atoms with Gasteiger partial charge in [-0.3, -0.25) is 0 Å². The van der Waals surface area contributed by atoms with E-state index < -0.39 is 0 Å². The first-order valence-electron chi connectivity index (χ1n) is 14.1. The van der Waals surface area contributed by atoms with E-state index in [0.717, 1.165) is 25.8 Å². The zero-order chi connectivity index (χ0) is 26.6. The smallest absolute Gasteiger partial charge is 0.0325 e. The lowest BCUT2D eigenvalue weighted by Gasteiger charge is -2.40. The summed E-state index contributed by atoms with van der Waals surface area (Å²) in [4.78, 5) is 0. The molecule has 0 amide bonds. The highest BCUT2D eigenvalue weighted by Gasteiger charge is 2.34. The minimum absolute atomic E-state index is 0.116. The monoisotopic (exact) mass is 479 g/mol. The quantitative estimate of drug-likeness (QED) is 0.233. The molecule has 1 aromatic carbocycles. The molecule has 4 atom stereocenters. The normalized spacial score (nSPS) is 15.8. The Morgan fingerprint density at radius 1 is 0.943 bits per heavy atom. The second kappa shape index (κ2) is 14.8. The Hall–Kier alpha value is -1.60. The van der Waals surface area contributed by atoms with E-state index in [2.05, 4.69) is 104 Å². The first-order valence-corrected chi connectivity index (χ1v) is 14.1. The molecule has 0 saturated heterocycles. The summed E-state index contributed by atoms with van der Waals surface area (Å²) >= 11 is 0. The van der Waals surface area contributed by atoms with Crippen LogP contribution in [0, 0.1) is 28.6 Å². The van der Waals surface area contributed by atoms with Gasteiger partial charge in [0.25, 0.3) is 0 Å². The van der Waals surface area contributed by atoms with Crippen LogP contribution in [0.3, 0.4) is 0 Å². The molecule has 1 rings (SSSR count). The summed E-state index contributed by atoms with van der Waals surface area (Å²) in [5.41, 5.74) is 4.52. The maximum atomic E-state index is 4.72. The van der Waals surface area contributed by atoms with Crippen LogP contribution in [0.4, 0.5) is 0 Å². The van der Waals surface area contributed by atoms with E-state index in [1.54, 1.807) is 0 Å². The summed E-state index contributed by atoms with van der Waals surface area (Å²) in [6, 6.07) is 11.1. The first kappa shape index (κ1) is 31.4. The maximum absolute atomic E-state index is 4.72. The molecule has 0 fully saturated rings. The molecule has 0 bridgehead atoms. The topological polar surface area (TPSA) is 12.0 Å². The Balaban J connectivity index is 3.15. The van der Waals surface area contributed by atoms with E-state index in [0.29, 0.717) is 29.2 Å². The lowest BCUT2D eigenvalue weighted by Crippen LogP contribution is -2.43. The van der Waals surface area contributed by atoms with Gasteiger partial charge < -0.3 is 5.32 Å². The van der Waals surface area contributed by atoms with E-state index in [1.807, 2.05) is 6.08 Å². The fourth-order valence-electron chi connectivity index (χ4n) is 5.83. The summed E-state index contributed by atoms with van der Waals surface area (Å²) in [6.07, 6.45) is 9.90. The van der Waals surface area contributed by atoms with E-state index in [9.17, 15) is 0 Å². The van der Waals surface area contributed by atoms with E-state index in [4.69, 9.17) is 6.58 Å². The maximum Gasteiger partial charge on any atom is 0.0325 e. The fraction of sp³-hybridized carbons (Fsp3) is 0.647. The number of nitrogens with one attached hydrogen (secondary N) is 1. The highest BCUT2D eigenvalue weighted by atomic mass is 14.9. The molecule has 198 valence electrons. The fourth-order valence-corrected chi connectivity index (χ4v) is 5.83. The van der Waals surface area contributed by atoms with Gasteiger partial charge in [-0.1, -0.05) is 129 Å². The van der Waals surface area contributed by atoms with E-state index in [-0.39, 0.29) is 5.41 Å². The van der Waals surface area contributed by atoms with Crippen molar-refractivity contribution in [1.82, 2.24) is 5.32 Å². The van der Waals surface area contributed by atoms with Gasteiger partial charge in [0.2, 0.25) is 0 Å². The van der Waals surface area contributed by atoms with E-state index in [1.165, 1.54) is 42.4 Å². The Labute approximate surface area is 219 Å². The summed E-state index contributed by atoms with van der Waals surface area (Å²) in [7, 11) is 0. The highest BCUT2D eigenvalue weighted by molar-refractivity contribution is 5.17. The SMILES string of the molecule is C=CCC(=C)C(CCC)C(CC(=C)C(NCCc1ccccc1)C(C)(C)C)CC(CC)C(C)(C)C. The largest absolute Gasteiger partial charge is 0.309 e. The molecule has 1 heteroatoms. The van der Waals surface area contributed by atoms with Gasteiger partial charge in [0.1, 0.15) is 0 Å². The summed E-state index contributed by atoms with van der Waals surface area (Å²) in [5.74, 6) is 1.78. The molecule has 0 spiro atoms. The molecule has 0 aliphatic rings. The van der Waals surface area contributed by atoms with Crippen molar-refractivity contribution in [1.29, 1.82) is 0 Å². The molecule has 0 heterocycles. The van der Waals surface area contributed by atoms with Crippen molar-refractivity contribution in [2.75, 3.05) is 6.54 Å². The lowest BCUT2D eigenvalue weighted by molar-refractivity contribution is 0.161. The number of rotatable bonds is 16. The Bertz CT molecular complexity index is 758. The van der Waals surface area contributed by atoms with Crippen LogP contribution in [-0.4, -0.2) is 12.6 Å². The van der Waals surface area contributed by atoms with Gasteiger partial charge in [-0.25, -0.2) is 0 Å². The molecular formula is C34H57N. The molecule has 0 saturated carbocycles. The molecular weight excluding hydrogens is 422 g/mol. The van der Waals surface area contributed by atoms with Crippen molar-refractivity contribution in [2.24, 2.45) is 28.6 Å². The van der Waals surface area contributed by atoms with E-state index >= 15 is 0 Å². The number of benzene rings is 1. The number of hydrogen-bond donors (Lipinski definition) is 1. The number of hydrogen-bond acceptors (Lipinski definition) is 1. The van der Waals surface area contributed by atoms with Crippen molar-refractivity contribution in [3.63, 3.8) is 0 Å². The zero-order valence-electron chi connectivity index (χ0n) is 24.6. The Morgan fingerprint density at radius 2 is 1.57 bits per heavy atom. The van der Waals surface area contributed by atoms with Gasteiger partial charge >= 0.3 is 0 Å². The average molecular weight is 480 g/mol. The van der Waals surface area contributed by atoms with Crippen molar-refractivity contribution < 1.29 is 0 Å². The van der Waals surface area contributed by atoms with Crippen LogP contribution in [0.2, 0.25) is 0 Å². The predicted molar refractivity (Wildman–Crippen MR) is 159 cm³/mol. The minimum atomic E-state index is 0.116. The van der Waals surface area contributed by atoms with Crippen molar-refractivity contribution in [2.45, 2.75) is 106 Å². The van der Waals surface area contributed by atoms with Gasteiger partial charge in [0.05, 0.1) is 0 Å². The highest BCUT2D eigenvalue weighted by Crippen LogP contribution is 2.42. The molecule has 1 N–H and O–H groups in total. The number of allylic oxidation sites excluding steroid dienone is 2. The van der Waals surface area contributed by atoms with Gasteiger partial charge in [0.15, 0.2) is 0 Å². The van der Waals surface area contributed by atoms with Crippen LogP contribution in [-0.2, 0) is 6.42 Å². The van der Waals surface area contributed by atoms with Crippen molar-refractivity contribution >= 4 is 0 Å².